The summed E-state index contributed by atoms with van der Waals surface area (Å²) >= 11 is 0. The van der Waals surface area contributed by atoms with Gasteiger partial charge in [0, 0.05) is 97.7 Å². The Morgan fingerprint density at radius 3 is 0.979 bits per heavy atom. The minimum Gasteiger partial charge on any atom is -0.481 e. The SMILES string of the molecule is O=C(O)CC[C@H](NC(=O)N[C@@H](CCCCNC(=O)CC[C@@H](NC(=O)CCOCCOCCOCCOCCNC(=O)CN1CCN(CC(=O)O)CCN(CC(=O)O)CCN(CC(=O)O)CC1)C(=O)NCCCC[C@H](NC(=O)N[C@@H](CCC(=O)O)C(=O)O)C(=O)O)C(=O)O)C(=O)O. The van der Waals surface area contributed by atoms with Crippen molar-refractivity contribution in [3.63, 3.8) is 0 Å². The van der Waals surface area contributed by atoms with Gasteiger partial charge in [-0.3, -0.25) is 62.8 Å². The smallest absolute Gasteiger partial charge is 0.326 e. The quantitative estimate of drug-likeness (QED) is 0.0254. The van der Waals surface area contributed by atoms with Crippen LogP contribution in [0.2, 0.25) is 0 Å². The van der Waals surface area contributed by atoms with Gasteiger partial charge >= 0.3 is 65.8 Å². The highest BCUT2D eigenvalue weighted by molar-refractivity contribution is 5.89. The van der Waals surface area contributed by atoms with E-state index in [9.17, 15) is 108 Å². The zero-order chi connectivity index (χ0) is 71.8. The van der Waals surface area contributed by atoms with Gasteiger partial charge in [0.05, 0.1) is 79.0 Å². The van der Waals surface area contributed by atoms with Crippen LogP contribution in [0, 0.1) is 0 Å². The van der Waals surface area contributed by atoms with Crippen LogP contribution in [0.1, 0.15) is 83.5 Å². The molecule has 0 aromatic heterocycles. The summed E-state index contributed by atoms with van der Waals surface area (Å²) in [6.45, 7) is 2.16. The molecule has 1 rings (SSSR count). The number of carboxylic acids is 9. The van der Waals surface area contributed by atoms with E-state index in [0.29, 0.717) is 0 Å². The van der Waals surface area contributed by atoms with Crippen LogP contribution in [-0.4, -0.2) is 336 Å². The van der Waals surface area contributed by atoms with Crippen LogP contribution >= 0.6 is 0 Å². The molecule has 17 N–H and O–H groups in total. The molecular weight excluding hydrogens is 1290 g/mol. The molecule has 0 unspecified atom stereocenters. The van der Waals surface area contributed by atoms with Gasteiger partial charge in [-0.1, -0.05) is 0 Å². The van der Waals surface area contributed by atoms with E-state index in [1.165, 1.54) is 0 Å². The summed E-state index contributed by atoms with van der Waals surface area (Å²) in [4.78, 5) is 186. The summed E-state index contributed by atoms with van der Waals surface area (Å²) in [5, 5.41) is 103. The Morgan fingerprint density at radius 2 is 0.615 bits per heavy atom. The van der Waals surface area contributed by atoms with Crippen molar-refractivity contribution in [2.45, 2.75) is 114 Å². The second-order valence-electron chi connectivity index (χ2n) is 21.8. The van der Waals surface area contributed by atoms with Gasteiger partial charge < -0.3 is 107 Å². The molecule has 96 heavy (non-hydrogen) atoms. The number of nitrogens with zero attached hydrogens (tertiary/aromatic N) is 4. The van der Waals surface area contributed by atoms with Crippen LogP contribution < -0.4 is 42.5 Å². The average molecular weight is 1380 g/mol. The maximum absolute atomic E-state index is 13.4. The number of aliphatic carboxylic acids is 9. The van der Waals surface area contributed by atoms with Gasteiger partial charge in [-0.2, -0.15) is 0 Å². The summed E-state index contributed by atoms with van der Waals surface area (Å²) < 4.78 is 22.0. The zero-order valence-electron chi connectivity index (χ0n) is 53.4. The first-order valence-electron chi connectivity index (χ1n) is 31.0. The fourth-order valence-corrected chi connectivity index (χ4v) is 8.92. The summed E-state index contributed by atoms with van der Waals surface area (Å²) in [5.41, 5.74) is 0. The molecule has 1 aliphatic rings. The average Bonchev–Trinajstić information content (AvgIpc) is 3.74. The molecule has 0 spiro atoms. The highest BCUT2D eigenvalue weighted by Crippen LogP contribution is 2.08. The normalized spacial score (nSPS) is 15.0. The Hall–Kier alpha value is -8.67. The van der Waals surface area contributed by atoms with Gasteiger partial charge in [0.2, 0.25) is 23.6 Å². The van der Waals surface area contributed by atoms with E-state index < -0.39 is 139 Å². The fourth-order valence-electron chi connectivity index (χ4n) is 8.92. The minimum atomic E-state index is -1.62. The molecule has 1 fully saturated rings. The lowest BCUT2D eigenvalue weighted by molar-refractivity contribution is -0.142. The van der Waals surface area contributed by atoms with Crippen molar-refractivity contribution >= 4 is 89.4 Å². The number of unbranched alkanes of at least 4 members (excludes halogenated alkanes) is 2. The summed E-state index contributed by atoms with van der Waals surface area (Å²) in [5.74, 6) is -14.1. The molecule has 1 saturated heterocycles. The number of hydrogen-bond donors (Lipinski definition) is 17. The molecular formula is C56H94N12O28. The van der Waals surface area contributed by atoms with E-state index in [4.69, 9.17) is 29.2 Å². The molecule has 1 heterocycles. The standard InChI is InChI=1S/C56H94N12O28/c69-42(57-14-3-1-5-38(51(83)84)61-55(91)63-40(53(87)88)8-11-45(72)73)10-7-37(50(82)59-15-4-2-6-39(52(85)86)62-56(92)64-41(54(89)90)9-12-46(74)75)60-43(70)13-25-93-27-29-95-31-32-96-30-28-94-26-16-58-44(71)33-65-17-19-66(34-47(76)77)21-23-68(36-49(80)81)24-22-67(20-18-65)35-48(78)79/h37-41H,1-36H2,(H,57,69)(H,58,71)(H,59,82)(H,60,70)(H,72,73)(H,74,75)(H,76,77)(H,78,79)(H,80,81)(H,83,84)(H,85,86)(H,87,88)(H,89,90)(H2,61,63,91)(H2,62,64,92)/t37-,38+,39+,40+,41+/m1/s1. The predicted octanol–water partition coefficient (Wildman–Crippen LogP) is -4.99. The largest absolute Gasteiger partial charge is 0.481 e. The van der Waals surface area contributed by atoms with Crippen LogP contribution in [0.5, 0.6) is 0 Å². The lowest BCUT2D eigenvalue weighted by atomic mass is 10.1. The first-order chi connectivity index (χ1) is 45.5. The van der Waals surface area contributed by atoms with Crippen molar-refractivity contribution in [2.24, 2.45) is 0 Å². The second-order valence-corrected chi connectivity index (χ2v) is 21.8. The second kappa shape index (κ2) is 50.7. The van der Waals surface area contributed by atoms with E-state index in [0.717, 1.165) is 0 Å². The zero-order valence-corrected chi connectivity index (χ0v) is 53.4. The molecule has 0 bridgehead atoms. The topological polar surface area (TPSA) is 584 Å². The summed E-state index contributed by atoms with van der Waals surface area (Å²) in [7, 11) is 0. The number of ether oxygens (including phenoxy) is 4. The Bertz CT molecular complexity index is 2470. The lowest BCUT2D eigenvalue weighted by Gasteiger charge is -2.32. The van der Waals surface area contributed by atoms with Crippen molar-refractivity contribution in [1.29, 1.82) is 0 Å². The monoisotopic (exact) mass is 1380 g/mol. The maximum Gasteiger partial charge on any atom is 0.326 e. The van der Waals surface area contributed by atoms with E-state index in [1.54, 1.807) is 19.6 Å². The van der Waals surface area contributed by atoms with E-state index in [1.807, 2.05) is 10.6 Å². The Morgan fingerprint density at radius 1 is 0.292 bits per heavy atom. The van der Waals surface area contributed by atoms with E-state index in [2.05, 4.69) is 31.9 Å². The summed E-state index contributed by atoms with van der Waals surface area (Å²) in [6.07, 6.45) is -2.61. The third-order valence-electron chi connectivity index (χ3n) is 14.0. The van der Waals surface area contributed by atoms with Crippen molar-refractivity contribution < 1.29 is 137 Å². The van der Waals surface area contributed by atoms with E-state index in [-0.39, 0.29) is 215 Å². The van der Waals surface area contributed by atoms with E-state index >= 15 is 0 Å². The van der Waals surface area contributed by atoms with Crippen molar-refractivity contribution in [3.8, 4) is 0 Å². The first-order valence-corrected chi connectivity index (χ1v) is 31.0. The molecule has 0 radical (unpaired) electrons. The van der Waals surface area contributed by atoms with Crippen LogP contribution in [-0.2, 0) is 81.3 Å². The van der Waals surface area contributed by atoms with Gasteiger partial charge in [0.1, 0.15) is 30.2 Å². The van der Waals surface area contributed by atoms with Gasteiger partial charge in [-0.05, 0) is 57.8 Å². The molecule has 40 nitrogen and oxygen atoms in total. The minimum absolute atomic E-state index is 0.0126. The third-order valence-corrected chi connectivity index (χ3v) is 14.0. The molecule has 1 aliphatic heterocycles. The molecule has 0 aromatic carbocycles. The van der Waals surface area contributed by atoms with Gasteiger partial charge in [-0.25, -0.2) is 28.8 Å². The number of rotatable bonds is 52. The van der Waals surface area contributed by atoms with Gasteiger partial charge in [-0.15, -0.1) is 0 Å². The molecule has 0 aliphatic carbocycles. The van der Waals surface area contributed by atoms with Gasteiger partial charge in [0.25, 0.3) is 0 Å². The van der Waals surface area contributed by atoms with Crippen molar-refractivity contribution in [1.82, 2.24) is 62.1 Å². The van der Waals surface area contributed by atoms with Gasteiger partial charge in [0.15, 0.2) is 0 Å². The van der Waals surface area contributed by atoms with Crippen molar-refractivity contribution in [3.05, 3.63) is 0 Å². The Labute approximate surface area is 551 Å². The van der Waals surface area contributed by atoms with Crippen LogP contribution in [0.25, 0.3) is 0 Å². The predicted molar refractivity (Wildman–Crippen MR) is 327 cm³/mol. The fraction of sp³-hybridized carbons (Fsp3) is 0.732. The lowest BCUT2D eigenvalue weighted by Crippen LogP contribution is -2.51. The first kappa shape index (κ1) is 85.3. The molecule has 546 valence electrons. The number of amides is 8. The number of nitrogens with one attached hydrogen (secondary N) is 8. The number of hydrogen-bond acceptors (Lipinski definition) is 23. The van der Waals surface area contributed by atoms with Crippen LogP contribution in [0.4, 0.5) is 9.59 Å². The van der Waals surface area contributed by atoms with Crippen LogP contribution in [0.15, 0.2) is 0 Å². The number of carbonyl (C=O) groups excluding carboxylic acids is 6. The number of carbonyl (C=O) groups is 15. The maximum atomic E-state index is 13.4. The van der Waals surface area contributed by atoms with Crippen molar-refractivity contribution in [2.75, 3.05) is 151 Å². The molecule has 0 saturated carbocycles. The molecule has 8 amide bonds. The Kier molecular flexibility index (Phi) is 45.1. The Balaban J connectivity index is 2.64. The summed E-state index contributed by atoms with van der Waals surface area (Å²) in [6, 6.07) is -9.82. The molecule has 5 atom stereocenters. The molecule has 40 heteroatoms. The number of urea groups is 2. The third kappa shape index (κ3) is 44.8. The van der Waals surface area contributed by atoms with Crippen LogP contribution in [0.3, 0.4) is 0 Å². The number of carboxylic acid groups (broad SMARTS) is 9. The highest BCUT2D eigenvalue weighted by atomic mass is 16.6. The highest BCUT2D eigenvalue weighted by Gasteiger charge is 2.28. The molecule has 0 aromatic rings.